The molecule has 25 heavy (non-hydrogen) atoms. The molecule has 1 aliphatic rings. The predicted octanol–water partition coefficient (Wildman–Crippen LogP) is 2.48. The van der Waals surface area contributed by atoms with Gasteiger partial charge in [0.1, 0.15) is 0 Å². The van der Waals surface area contributed by atoms with Crippen molar-refractivity contribution in [1.29, 1.82) is 5.26 Å². The van der Waals surface area contributed by atoms with Gasteiger partial charge in [0, 0.05) is 36.9 Å². The maximum atomic E-state index is 12.1. The molecule has 0 saturated carbocycles. The first-order chi connectivity index (χ1) is 11.8. The van der Waals surface area contributed by atoms with Gasteiger partial charge in [-0.15, -0.1) is 0 Å². The number of hydrogen-bond acceptors (Lipinski definition) is 4. The lowest BCUT2D eigenvalue weighted by Gasteiger charge is -2.44. The molecule has 0 unspecified atom stereocenters. The van der Waals surface area contributed by atoms with Gasteiger partial charge in [0.2, 0.25) is 0 Å². The molecule has 2 N–H and O–H groups in total. The molecule has 0 bridgehead atoms. The smallest absolute Gasteiger partial charge is 0.319 e. The summed E-state index contributed by atoms with van der Waals surface area (Å²) in [5.74, 6) is 0. The first-order valence-corrected chi connectivity index (χ1v) is 8.78. The molecule has 0 aromatic heterocycles. The van der Waals surface area contributed by atoms with Crippen molar-refractivity contribution < 1.29 is 4.79 Å². The van der Waals surface area contributed by atoms with Crippen LogP contribution in [-0.4, -0.2) is 61.1 Å². The first-order valence-electron chi connectivity index (χ1n) is 8.78. The zero-order valence-electron chi connectivity index (χ0n) is 15.7. The van der Waals surface area contributed by atoms with Crippen LogP contribution in [0.1, 0.15) is 32.3 Å². The fourth-order valence-electron chi connectivity index (χ4n) is 3.20. The van der Waals surface area contributed by atoms with Crippen molar-refractivity contribution in [3.8, 4) is 6.07 Å². The Balaban J connectivity index is 1.80. The lowest BCUT2D eigenvalue weighted by molar-refractivity contribution is 0.0634. The molecule has 0 aliphatic carbocycles. The molecule has 0 radical (unpaired) electrons. The predicted molar refractivity (Wildman–Crippen MR) is 101 cm³/mol. The molecule has 1 heterocycles. The van der Waals surface area contributed by atoms with Crippen molar-refractivity contribution in [3.63, 3.8) is 0 Å². The van der Waals surface area contributed by atoms with Crippen molar-refractivity contribution in [2.24, 2.45) is 0 Å². The van der Waals surface area contributed by atoms with Crippen molar-refractivity contribution in [1.82, 2.24) is 15.1 Å². The standard InChI is InChI=1S/C19H29N5O/c1-19(2,24-11-9-17(10-12-24)23(3)4)14-21-18(25)22-16-7-5-15(13-20)6-8-16/h5-8,17H,9-12,14H2,1-4H3,(H2,21,22,25). The largest absolute Gasteiger partial charge is 0.336 e. The van der Waals surface area contributed by atoms with E-state index in [-0.39, 0.29) is 11.6 Å². The van der Waals surface area contributed by atoms with Gasteiger partial charge >= 0.3 is 6.03 Å². The van der Waals surface area contributed by atoms with Crippen LogP contribution < -0.4 is 10.6 Å². The number of piperidine rings is 1. The Kier molecular flexibility index (Phi) is 6.40. The maximum Gasteiger partial charge on any atom is 0.319 e. The van der Waals surface area contributed by atoms with Crippen LogP contribution in [0.2, 0.25) is 0 Å². The molecular formula is C19H29N5O. The highest BCUT2D eigenvalue weighted by atomic mass is 16.2. The number of urea groups is 1. The van der Waals surface area contributed by atoms with Crippen LogP contribution in [0.25, 0.3) is 0 Å². The minimum Gasteiger partial charge on any atom is -0.336 e. The van der Waals surface area contributed by atoms with Crippen LogP contribution in [0.3, 0.4) is 0 Å². The second kappa shape index (κ2) is 8.32. The molecule has 1 aliphatic heterocycles. The van der Waals surface area contributed by atoms with Gasteiger partial charge in [-0.3, -0.25) is 4.90 Å². The summed E-state index contributed by atoms with van der Waals surface area (Å²) in [4.78, 5) is 16.9. The molecule has 1 aromatic carbocycles. The van der Waals surface area contributed by atoms with E-state index < -0.39 is 0 Å². The number of benzene rings is 1. The molecule has 6 heteroatoms. The lowest BCUT2D eigenvalue weighted by Crippen LogP contribution is -2.56. The number of nitriles is 1. The third-order valence-corrected chi connectivity index (χ3v) is 5.00. The van der Waals surface area contributed by atoms with Crippen molar-refractivity contribution in [2.45, 2.75) is 38.3 Å². The number of hydrogen-bond donors (Lipinski definition) is 2. The number of nitrogens with zero attached hydrogens (tertiary/aromatic N) is 3. The zero-order chi connectivity index (χ0) is 18.4. The molecule has 1 fully saturated rings. The van der Waals surface area contributed by atoms with Gasteiger partial charge in [-0.1, -0.05) is 0 Å². The highest BCUT2D eigenvalue weighted by Gasteiger charge is 2.31. The van der Waals surface area contributed by atoms with Gasteiger partial charge in [0.15, 0.2) is 0 Å². The van der Waals surface area contributed by atoms with Gasteiger partial charge in [-0.2, -0.15) is 5.26 Å². The van der Waals surface area contributed by atoms with Crippen LogP contribution in [0, 0.1) is 11.3 Å². The number of amides is 2. The fraction of sp³-hybridized carbons (Fsp3) is 0.579. The van der Waals surface area contributed by atoms with Crippen molar-refractivity contribution in [3.05, 3.63) is 29.8 Å². The minimum atomic E-state index is -0.221. The van der Waals surface area contributed by atoms with Crippen LogP contribution in [0.15, 0.2) is 24.3 Å². The summed E-state index contributed by atoms with van der Waals surface area (Å²) in [6.45, 7) is 7.03. The summed E-state index contributed by atoms with van der Waals surface area (Å²) in [6.07, 6.45) is 2.32. The number of carbonyl (C=O) groups is 1. The molecule has 1 aromatic rings. The second-order valence-electron chi connectivity index (χ2n) is 7.49. The number of nitrogens with one attached hydrogen (secondary N) is 2. The summed E-state index contributed by atoms with van der Waals surface area (Å²) in [5, 5.41) is 14.6. The summed E-state index contributed by atoms with van der Waals surface area (Å²) in [7, 11) is 4.28. The molecule has 2 amide bonds. The monoisotopic (exact) mass is 343 g/mol. The third kappa shape index (κ3) is 5.45. The van der Waals surface area contributed by atoms with E-state index in [4.69, 9.17) is 5.26 Å². The molecule has 1 saturated heterocycles. The van der Waals surface area contributed by atoms with E-state index in [0.717, 1.165) is 25.9 Å². The molecule has 0 spiro atoms. The van der Waals surface area contributed by atoms with E-state index >= 15 is 0 Å². The molecule has 136 valence electrons. The average molecular weight is 343 g/mol. The van der Waals surface area contributed by atoms with E-state index in [1.807, 2.05) is 0 Å². The van der Waals surface area contributed by atoms with Gasteiger partial charge in [0.05, 0.1) is 11.6 Å². The van der Waals surface area contributed by atoms with Gasteiger partial charge < -0.3 is 15.5 Å². The maximum absolute atomic E-state index is 12.1. The van der Waals surface area contributed by atoms with Gasteiger partial charge in [-0.05, 0) is 65.0 Å². The molecule has 6 nitrogen and oxygen atoms in total. The minimum absolute atomic E-state index is 0.0840. The summed E-state index contributed by atoms with van der Waals surface area (Å²) in [5.41, 5.74) is 1.17. The first kappa shape index (κ1) is 19.2. The number of carbonyl (C=O) groups excluding carboxylic acids is 1. The Bertz CT molecular complexity index is 610. The number of likely N-dealkylation sites (tertiary alicyclic amines) is 1. The SMILES string of the molecule is CN(C)C1CCN(C(C)(C)CNC(=O)Nc2ccc(C#N)cc2)CC1. The van der Waals surface area contributed by atoms with Gasteiger partial charge in [0.25, 0.3) is 0 Å². The normalized spacial score (nSPS) is 16.5. The van der Waals surface area contributed by atoms with Crippen molar-refractivity contribution >= 4 is 11.7 Å². The Morgan fingerprint density at radius 2 is 1.88 bits per heavy atom. The Morgan fingerprint density at radius 3 is 2.40 bits per heavy atom. The molecule has 0 atom stereocenters. The van der Waals surface area contributed by atoms with E-state index in [1.54, 1.807) is 24.3 Å². The Labute approximate surface area is 150 Å². The molecule has 2 rings (SSSR count). The Morgan fingerprint density at radius 1 is 1.28 bits per heavy atom. The summed E-state index contributed by atoms with van der Waals surface area (Å²) >= 11 is 0. The highest BCUT2D eigenvalue weighted by molar-refractivity contribution is 5.89. The van der Waals surface area contributed by atoms with E-state index in [1.165, 1.54) is 0 Å². The quantitative estimate of drug-likeness (QED) is 0.862. The number of anilines is 1. The molecular weight excluding hydrogens is 314 g/mol. The lowest BCUT2D eigenvalue weighted by atomic mass is 9.96. The van der Waals surface area contributed by atoms with E-state index in [0.29, 0.717) is 23.8 Å². The third-order valence-electron chi connectivity index (χ3n) is 5.00. The second-order valence-corrected chi connectivity index (χ2v) is 7.49. The van der Waals surface area contributed by atoms with E-state index in [9.17, 15) is 4.79 Å². The fourth-order valence-corrected chi connectivity index (χ4v) is 3.20. The van der Waals surface area contributed by atoms with Crippen molar-refractivity contribution in [2.75, 3.05) is 39.0 Å². The summed E-state index contributed by atoms with van der Waals surface area (Å²) < 4.78 is 0. The van der Waals surface area contributed by atoms with Crippen LogP contribution in [-0.2, 0) is 0 Å². The van der Waals surface area contributed by atoms with Gasteiger partial charge in [-0.25, -0.2) is 4.79 Å². The number of rotatable bonds is 5. The zero-order valence-corrected chi connectivity index (χ0v) is 15.7. The van der Waals surface area contributed by atoms with Crippen LogP contribution >= 0.6 is 0 Å². The average Bonchev–Trinajstić information content (AvgIpc) is 2.61. The Hall–Kier alpha value is -2.10. The van der Waals surface area contributed by atoms with E-state index in [2.05, 4.69) is 54.4 Å². The van der Waals surface area contributed by atoms with Crippen LogP contribution in [0.5, 0.6) is 0 Å². The van der Waals surface area contributed by atoms with Crippen LogP contribution in [0.4, 0.5) is 10.5 Å². The highest BCUT2D eigenvalue weighted by Crippen LogP contribution is 2.22. The summed E-state index contributed by atoms with van der Waals surface area (Å²) in [6, 6.07) is 9.33. The topological polar surface area (TPSA) is 71.4 Å².